The Balaban J connectivity index is 1.25. The molecule has 2 heterocycles. The number of anilines is 1. The summed E-state index contributed by atoms with van der Waals surface area (Å²) in [5.41, 5.74) is 10.2. The second kappa shape index (κ2) is 12.3. The second-order valence-electron chi connectivity index (χ2n) is 10.2. The smallest absolute Gasteiger partial charge is 0.236 e. The van der Waals surface area contributed by atoms with Crippen LogP contribution in [0.2, 0.25) is 10.0 Å². The van der Waals surface area contributed by atoms with E-state index in [9.17, 15) is 13.2 Å². The third-order valence-corrected chi connectivity index (χ3v) is 9.28. The maximum atomic E-state index is 13.1. The first-order valence-corrected chi connectivity index (χ1v) is 15.7. The van der Waals surface area contributed by atoms with E-state index in [2.05, 4.69) is 9.80 Å². The van der Waals surface area contributed by atoms with Crippen molar-refractivity contribution in [1.29, 1.82) is 0 Å². The lowest BCUT2D eigenvalue weighted by Crippen LogP contribution is -2.50. The Labute approximate surface area is 245 Å². The Morgan fingerprint density at radius 1 is 0.875 bits per heavy atom. The highest BCUT2D eigenvalue weighted by Gasteiger charge is 2.31. The van der Waals surface area contributed by atoms with Crippen LogP contribution in [0.15, 0.2) is 83.8 Å². The minimum absolute atomic E-state index is 0.0174. The fourth-order valence-corrected chi connectivity index (χ4v) is 6.99. The van der Waals surface area contributed by atoms with Crippen LogP contribution in [-0.2, 0) is 20.4 Å². The summed E-state index contributed by atoms with van der Waals surface area (Å²) in [5.74, 6) is -0.108. The van der Waals surface area contributed by atoms with E-state index in [1.165, 1.54) is 5.41 Å². The van der Waals surface area contributed by atoms with E-state index in [0.717, 1.165) is 28.0 Å². The molecule has 0 radical (unpaired) electrons. The number of likely N-dealkylation sites (tertiary alicyclic amines) is 1. The van der Waals surface area contributed by atoms with E-state index in [1.807, 2.05) is 72.8 Å². The molecule has 10 heteroatoms. The number of benzene rings is 3. The van der Waals surface area contributed by atoms with Crippen LogP contribution in [-0.4, -0.2) is 69.9 Å². The molecule has 3 aromatic carbocycles. The van der Waals surface area contributed by atoms with E-state index in [4.69, 9.17) is 28.9 Å². The number of halogens is 2. The van der Waals surface area contributed by atoms with Gasteiger partial charge in [-0.3, -0.25) is 9.69 Å². The van der Waals surface area contributed by atoms with Crippen LogP contribution in [0.25, 0.3) is 0 Å². The van der Waals surface area contributed by atoms with Gasteiger partial charge in [-0.05, 0) is 58.7 Å². The molecule has 7 nitrogen and oxygen atoms in total. The summed E-state index contributed by atoms with van der Waals surface area (Å²) in [6, 6.07) is 23.1. The maximum Gasteiger partial charge on any atom is 0.236 e. The highest BCUT2D eigenvalue weighted by Crippen LogP contribution is 2.35. The SMILES string of the molecule is NCC(=O)N1CCN(c2cccc(CS(=O)(=O)C=C3CN(C(c4ccc(Cl)cc4)c4ccc(Cl)cc4)C3)c2)CC1. The van der Waals surface area contributed by atoms with Gasteiger partial charge in [-0.15, -0.1) is 0 Å². The van der Waals surface area contributed by atoms with E-state index in [-0.39, 0.29) is 24.2 Å². The number of piperazine rings is 1. The van der Waals surface area contributed by atoms with Crippen LogP contribution >= 0.6 is 23.2 Å². The normalized spacial score (nSPS) is 16.2. The first-order valence-electron chi connectivity index (χ1n) is 13.2. The average molecular weight is 600 g/mol. The van der Waals surface area contributed by atoms with Gasteiger partial charge < -0.3 is 15.5 Å². The molecule has 210 valence electrons. The van der Waals surface area contributed by atoms with Crippen LogP contribution in [0.5, 0.6) is 0 Å². The summed E-state index contributed by atoms with van der Waals surface area (Å²) in [7, 11) is -3.46. The number of amides is 1. The number of nitrogens with two attached hydrogens (primary N) is 1. The Morgan fingerprint density at radius 2 is 1.45 bits per heavy atom. The molecule has 5 rings (SSSR count). The minimum Gasteiger partial charge on any atom is -0.368 e. The Kier molecular flexibility index (Phi) is 8.83. The van der Waals surface area contributed by atoms with Gasteiger partial charge in [0, 0.05) is 60.4 Å². The largest absolute Gasteiger partial charge is 0.368 e. The van der Waals surface area contributed by atoms with Gasteiger partial charge in [0.15, 0.2) is 9.84 Å². The van der Waals surface area contributed by atoms with Crippen molar-refractivity contribution >= 4 is 44.6 Å². The van der Waals surface area contributed by atoms with Crippen molar-refractivity contribution in [2.75, 3.05) is 50.7 Å². The summed E-state index contributed by atoms with van der Waals surface area (Å²) in [6.07, 6.45) is 0. The molecular weight excluding hydrogens is 567 g/mol. The molecule has 0 aliphatic carbocycles. The van der Waals surface area contributed by atoms with Gasteiger partial charge in [0.05, 0.1) is 18.3 Å². The van der Waals surface area contributed by atoms with E-state index in [1.54, 1.807) is 4.90 Å². The van der Waals surface area contributed by atoms with Crippen LogP contribution in [0.4, 0.5) is 5.69 Å². The molecule has 2 fully saturated rings. The summed E-state index contributed by atoms with van der Waals surface area (Å²) < 4.78 is 26.3. The molecule has 3 aromatic rings. The quantitative estimate of drug-likeness (QED) is 0.411. The van der Waals surface area contributed by atoms with Crippen molar-refractivity contribution in [1.82, 2.24) is 9.80 Å². The lowest BCUT2D eigenvalue weighted by Gasteiger charge is -2.41. The first kappa shape index (κ1) is 28.6. The van der Waals surface area contributed by atoms with E-state index in [0.29, 0.717) is 49.3 Å². The summed E-state index contributed by atoms with van der Waals surface area (Å²) in [4.78, 5) is 18.0. The lowest BCUT2D eigenvalue weighted by atomic mass is 9.93. The summed E-state index contributed by atoms with van der Waals surface area (Å²) in [6.45, 7) is 3.71. The zero-order valence-corrected chi connectivity index (χ0v) is 24.4. The number of hydrogen-bond donors (Lipinski definition) is 1. The molecule has 2 aliphatic rings. The fourth-order valence-electron chi connectivity index (χ4n) is 5.35. The first-order chi connectivity index (χ1) is 19.2. The zero-order chi connectivity index (χ0) is 28.3. The minimum atomic E-state index is -3.46. The Morgan fingerprint density at radius 3 is 2.00 bits per heavy atom. The number of nitrogens with zero attached hydrogens (tertiary/aromatic N) is 3. The predicted octanol–water partition coefficient (Wildman–Crippen LogP) is 4.50. The number of sulfone groups is 1. The molecule has 0 bridgehead atoms. The fraction of sp³-hybridized carbons (Fsp3) is 0.300. The van der Waals surface area contributed by atoms with E-state index >= 15 is 0 Å². The molecule has 0 unspecified atom stereocenters. The molecule has 40 heavy (non-hydrogen) atoms. The van der Waals surface area contributed by atoms with Crippen molar-refractivity contribution in [3.8, 4) is 0 Å². The molecule has 0 aromatic heterocycles. The third kappa shape index (κ3) is 6.87. The van der Waals surface area contributed by atoms with Crippen molar-refractivity contribution in [3.63, 3.8) is 0 Å². The van der Waals surface area contributed by atoms with Gasteiger partial charge in [-0.1, -0.05) is 59.6 Å². The van der Waals surface area contributed by atoms with Gasteiger partial charge >= 0.3 is 0 Å². The molecule has 0 spiro atoms. The third-order valence-electron chi connectivity index (χ3n) is 7.35. The Bertz CT molecular complexity index is 1430. The zero-order valence-electron chi connectivity index (χ0n) is 22.0. The second-order valence-corrected chi connectivity index (χ2v) is 13.0. The molecule has 2 aliphatic heterocycles. The lowest BCUT2D eigenvalue weighted by molar-refractivity contribution is -0.129. The molecule has 0 saturated carbocycles. The molecule has 1 amide bonds. The molecular formula is C30H32Cl2N4O3S. The molecule has 2 N–H and O–H groups in total. The van der Waals surface area contributed by atoms with Crippen LogP contribution in [0, 0.1) is 0 Å². The van der Waals surface area contributed by atoms with Crippen molar-refractivity contribution in [3.05, 3.63) is 111 Å². The van der Waals surface area contributed by atoms with Gasteiger partial charge in [0.2, 0.25) is 5.91 Å². The number of rotatable bonds is 8. The van der Waals surface area contributed by atoms with Crippen LogP contribution < -0.4 is 10.6 Å². The highest BCUT2D eigenvalue weighted by molar-refractivity contribution is 7.93. The highest BCUT2D eigenvalue weighted by atomic mass is 35.5. The number of carbonyl (C=O) groups is 1. The van der Waals surface area contributed by atoms with Gasteiger partial charge in [-0.2, -0.15) is 0 Å². The number of carbonyl (C=O) groups excluding carboxylic acids is 1. The molecule has 2 saturated heterocycles. The van der Waals surface area contributed by atoms with Crippen molar-refractivity contribution in [2.45, 2.75) is 11.8 Å². The van der Waals surface area contributed by atoms with Crippen LogP contribution in [0.1, 0.15) is 22.7 Å². The van der Waals surface area contributed by atoms with Crippen molar-refractivity contribution < 1.29 is 13.2 Å². The standard InChI is InChI=1S/C30H32Cl2N4O3S/c31-26-8-4-24(5-9-26)30(25-6-10-27(32)11-7-25)36-18-23(19-36)21-40(38,39)20-22-2-1-3-28(16-22)34-12-14-35(15-13-34)29(37)17-33/h1-11,16,21,30H,12-15,17-20,33H2. The van der Waals surface area contributed by atoms with Gasteiger partial charge in [0.1, 0.15) is 0 Å². The monoisotopic (exact) mass is 598 g/mol. The summed E-state index contributed by atoms with van der Waals surface area (Å²) >= 11 is 12.2. The Hall–Kier alpha value is -2.88. The topological polar surface area (TPSA) is 87.0 Å². The van der Waals surface area contributed by atoms with Crippen molar-refractivity contribution in [2.24, 2.45) is 5.73 Å². The van der Waals surface area contributed by atoms with Crippen LogP contribution in [0.3, 0.4) is 0 Å². The summed E-state index contributed by atoms with van der Waals surface area (Å²) in [5, 5.41) is 2.78. The van der Waals surface area contributed by atoms with Gasteiger partial charge in [0.25, 0.3) is 0 Å². The van der Waals surface area contributed by atoms with Gasteiger partial charge in [-0.25, -0.2) is 8.42 Å². The molecule has 0 atom stereocenters. The maximum absolute atomic E-state index is 13.1. The predicted molar refractivity (Wildman–Crippen MR) is 161 cm³/mol. The van der Waals surface area contributed by atoms with E-state index < -0.39 is 9.84 Å². The average Bonchev–Trinajstić information content (AvgIpc) is 2.93. The number of hydrogen-bond acceptors (Lipinski definition) is 6.